The second kappa shape index (κ2) is 9.00. The number of hydrogen-bond acceptors (Lipinski definition) is 4. The smallest absolute Gasteiger partial charge is 0.168 e. The van der Waals surface area contributed by atoms with Crippen LogP contribution < -0.4 is 10.1 Å². The van der Waals surface area contributed by atoms with Crippen molar-refractivity contribution >= 4 is 17.4 Å². The summed E-state index contributed by atoms with van der Waals surface area (Å²) in [6, 6.07) is 3.78. The quantitative estimate of drug-likeness (QED) is 0.702. The molecule has 0 amide bonds. The summed E-state index contributed by atoms with van der Waals surface area (Å²) in [4.78, 5) is 4.26. The minimum atomic E-state index is 0.0197. The van der Waals surface area contributed by atoms with Gasteiger partial charge < -0.3 is 14.8 Å². The Morgan fingerprint density at radius 2 is 2.33 bits per heavy atom. The molecule has 0 saturated heterocycles. The van der Waals surface area contributed by atoms with Crippen molar-refractivity contribution in [1.29, 1.82) is 0 Å². The first-order chi connectivity index (χ1) is 8.77. The molecule has 0 bridgehead atoms. The van der Waals surface area contributed by atoms with Crippen molar-refractivity contribution < 1.29 is 9.47 Å². The van der Waals surface area contributed by atoms with Crippen LogP contribution in [-0.2, 0) is 4.74 Å². The zero-order valence-corrected chi connectivity index (χ0v) is 11.7. The van der Waals surface area contributed by atoms with E-state index >= 15 is 0 Å². The zero-order chi connectivity index (χ0) is 13.2. The molecule has 1 unspecified atom stereocenters. The number of ether oxygens (including phenoxy) is 2. The molecule has 0 fully saturated rings. The highest BCUT2D eigenvalue weighted by molar-refractivity contribution is 6.20. The summed E-state index contributed by atoms with van der Waals surface area (Å²) in [5.41, 5.74) is 0. The van der Waals surface area contributed by atoms with E-state index in [1.807, 2.05) is 12.1 Å². The normalized spacial score (nSPS) is 12.2. The number of halogens is 1. The first-order valence-corrected chi connectivity index (χ1v) is 6.66. The van der Waals surface area contributed by atoms with Gasteiger partial charge in [0.05, 0.1) is 18.6 Å². The molecule has 102 valence electrons. The topological polar surface area (TPSA) is 43.4 Å². The van der Waals surface area contributed by atoms with Gasteiger partial charge in [-0.1, -0.05) is 6.92 Å². The monoisotopic (exact) mass is 272 g/mol. The lowest BCUT2D eigenvalue weighted by Gasteiger charge is -2.13. The van der Waals surface area contributed by atoms with E-state index in [9.17, 15) is 0 Å². The summed E-state index contributed by atoms with van der Waals surface area (Å²) in [7, 11) is 1.65. The van der Waals surface area contributed by atoms with Crippen LogP contribution in [0.1, 0.15) is 19.8 Å². The van der Waals surface area contributed by atoms with Crippen molar-refractivity contribution in [3.63, 3.8) is 0 Å². The van der Waals surface area contributed by atoms with Crippen LogP contribution >= 0.6 is 11.6 Å². The average Bonchev–Trinajstić information content (AvgIpc) is 2.38. The Labute approximate surface area is 114 Å². The minimum Gasteiger partial charge on any atom is -0.490 e. The number of alkyl halides is 1. The fourth-order valence-corrected chi connectivity index (χ4v) is 1.70. The van der Waals surface area contributed by atoms with Gasteiger partial charge in [-0.05, 0) is 25.0 Å². The van der Waals surface area contributed by atoms with E-state index in [-0.39, 0.29) is 5.38 Å². The van der Waals surface area contributed by atoms with Crippen LogP contribution in [0.3, 0.4) is 0 Å². The molecule has 0 saturated carbocycles. The summed E-state index contributed by atoms with van der Waals surface area (Å²) >= 11 is 6.05. The number of nitrogens with zero attached hydrogens (tertiary/aromatic N) is 1. The highest BCUT2D eigenvalue weighted by Gasteiger charge is 2.06. The molecule has 1 aromatic rings. The Morgan fingerprint density at radius 3 is 3.06 bits per heavy atom. The SMILES string of the molecule is CCCOc1cccnc1NCCC(Cl)COC. The van der Waals surface area contributed by atoms with Gasteiger partial charge in [-0.25, -0.2) is 4.98 Å². The van der Waals surface area contributed by atoms with Crippen LogP contribution in [0.25, 0.3) is 0 Å². The van der Waals surface area contributed by atoms with Gasteiger partial charge in [0.1, 0.15) is 0 Å². The Balaban J connectivity index is 2.40. The molecule has 0 aliphatic carbocycles. The van der Waals surface area contributed by atoms with E-state index < -0.39 is 0 Å². The van der Waals surface area contributed by atoms with Crippen LogP contribution in [0.15, 0.2) is 18.3 Å². The average molecular weight is 273 g/mol. The largest absolute Gasteiger partial charge is 0.490 e. The molecule has 0 aliphatic rings. The molecule has 1 atom stereocenters. The zero-order valence-electron chi connectivity index (χ0n) is 11.0. The molecule has 0 aromatic carbocycles. The molecule has 1 rings (SSSR count). The second-order valence-corrected chi connectivity index (χ2v) is 4.58. The maximum absolute atomic E-state index is 6.05. The molecule has 5 heteroatoms. The molecule has 4 nitrogen and oxygen atoms in total. The van der Waals surface area contributed by atoms with E-state index in [1.165, 1.54) is 0 Å². The number of methoxy groups -OCH3 is 1. The number of hydrogen-bond donors (Lipinski definition) is 1. The number of rotatable bonds is 9. The highest BCUT2D eigenvalue weighted by Crippen LogP contribution is 2.21. The molecule has 1 aromatic heterocycles. The third kappa shape index (κ3) is 5.56. The van der Waals surface area contributed by atoms with Crippen LogP contribution in [-0.4, -0.2) is 37.2 Å². The third-order valence-electron chi connectivity index (χ3n) is 2.33. The predicted octanol–water partition coefficient (Wildman–Crippen LogP) is 2.93. The molecule has 18 heavy (non-hydrogen) atoms. The van der Waals surface area contributed by atoms with Gasteiger partial charge in [-0.15, -0.1) is 11.6 Å². The van der Waals surface area contributed by atoms with Crippen molar-refractivity contribution in [2.75, 3.05) is 32.2 Å². The van der Waals surface area contributed by atoms with Crippen molar-refractivity contribution in [2.45, 2.75) is 25.1 Å². The van der Waals surface area contributed by atoms with Gasteiger partial charge >= 0.3 is 0 Å². The van der Waals surface area contributed by atoms with Crippen LogP contribution in [0.2, 0.25) is 0 Å². The van der Waals surface area contributed by atoms with Crippen molar-refractivity contribution in [3.05, 3.63) is 18.3 Å². The Hall–Kier alpha value is -1.00. The lowest BCUT2D eigenvalue weighted by molar-refractivity contribution is 0.196. The number of pyridine rings is 1. The molecular formula is C13H21ClN2O2. The summed E-state index contributed by atoms with van der Waals surface area (Å²) in [5.74, 6) is 1.56. The second-order valence-electron chi connectivity index (χ2n) is 3.97. The Bertz CT molecular complexity index is 337. The van der Waals surface area contributed by atoms with Gasteiger partial charge in [0.15, 0.2) is 11.6 Å². The molecule has 1 heterocycles. The van der Waals surface area contributed by atoms with Crippen LogP contribution in [0.5, 0.6) is 5.75 Å². The van der Waals surface area contributed by atoms with Crippen molar-refractivity contribution in [3.8, 4) is 5.75 Å². The molecular weight excluding hydrogens is 252 g/mol. The number of anilines is 1. The first kappa shape index (κ1) is 15.1. The van der Waals surface area contributed by atoms with Crippen molar-refractivity contribution in [2.24, 2.45) is 0 Å². The standard InChI is InChI=1S/C13H21ClN2O2/c1-3-9-18-12-5-4-7-15-13(12)16-8-6-11(14)10-17-2/h4-5,7,11H,3,6,8-10H2,1-2H3,(H,15,16). The molecule has 0 aliphatic heterocycles. The third-order valence-corrected chi connectivity index (χ3v) is 2.67. The maximum Gasteiger partial charge on any atom is 0.168 e. The summed E-state index contributed by atoms with van der Waals surface area (Å²) in [6.45, 7) is 4.08. The molecule has 1 N–H and O–H groups in total. The van der Waals surface area contributed by atoms with E-state index in [1.54, 1.807) is 13.3 Å². The lowest BCUT2D eigenvalue weighted by atomic mass is 10.3. The van der Waals surface area contributed by atoms with E-state index in [0.717, 1.165) is 31.0 Å². The maximum atomic E-state index is 6.05. The van der Waals surface area contributed by atoms with E-state index in [4.69, 9.17) is 21.1 Å². The fourth-order valence-electron chi connectivity index (χ4n) is 1.46. The van der Waals surface area contributed by atoms with Crippen molar-refractivity contribution in [1.82, 2.24) is 4.98 Å². The summed E-state index contributed by atoms with van der Waals surface area (Å²) in [6.07, 6.45) is 3.54. The fraction of sp³-hybridized carbons (Fsp3) is 0.615. The van der Waals surface area contributed by atoms with Crippen LogP contribution in [0.4, 0.5) is 5.82 Å². The Morgan fingerprint density at radius 1 is 1.50 bits per heavy atom. The highest BCUT2D eigenvalue weighted by atomic mass is 35.5. The van der Waals surface area contributed by atoms with Gasteiger partial charge in [-0.2, -0.15) is 0 Å². The summed E-state index contributed by atoms with van der Waals surface area (Å²) < 4.78 is 10.6. The van der Waals surface area contributed by atoms with Gasteiger partial charge in [0, 0.05) is 19.9 Å². The number of nitrogens with one attached hydrogen (secondary N) is 1. The van der Waals surface area contributed by atoms with E-state index in [0.29, 0.717) is 13.2 Å². The van der Waals surface area contributed by atoms with E-state index in [2.05, 4.69) is 17.2 Å². The summed E-state index contributed by atoms with van der Waals surface area (Å²) in [5, 5.41) is 3.26. The first-order valence-electron chi connectivity index (χ1n) is 6.22. The molecule has 0 spiro atoms. The van der Waals surface area contributed by atoms with Gasteiger partial charge in [0.25, 0.3) is 0 Å². The molecule has 0 radical (unpaired) electrons. The lowest BCUT2D eigenvalue weighted by Crippen LogP contribution is -2.14. The predicted molar refractivity (Wildman–Crippen MR) is 74.6 cm³/mol. The van der Waals surface area contributed by atoms with Gasteiger partial charge in [0.2, 0.25) is 0 Å². The number of aromatic nitrogens is 1. The van der Waals surface area contributed by atoms with Crippen LogP contribution in [0, 0.1) is 0 Å². The minimum absolute atomic E-state index is 0.0197. The van der Waals surface area contributed by atoms with Gasteiger partial charge in [-0.3, -0.25) is 0 Å². The Kier molecular flexibility index (Phi) is 7.53.